The molecular formula is C34H24O2. The van der Waals surface area contributed by atoms with Crippen molar-refractivity contribution in [2.75, 3.05) is 0 Å². The monoisotopic (exact) mass is 464 g/mol. The van der Waals surface area contributed by atoms with Gasteiger partial charge in [0.05, 0.1) is 0 Å². The van der Waals surface area contributed by atoms with Gasteiger partial charge in [-0.3, -0.25) is 9.59 Å². The summed E-state index contributed by atoms with van der Waals surface area (Å²) >= 11 is 0. The average molecular weight is 465 g/mol. The molecule has 1 saturated carbocycles. The summed E-state index contributed by atoms with van der Waals surface area (Å²) in [7, 11) is 0. The van der Waals surface area contributed by atoms with E-state index in [1.807, 2.05) is 0 Å². The van der Waals surface area contributed by atoms with Crippen LogP contribution in [0, 0.1) is 23.7 Å². The van der Waals surface area contributed by atoms with Gasteiger partial charge in [-0.05, 0) is 44.5 Å². The molecule has 2 nitrogen and oxygen atoms in total. The molecular weight excluding hydrogens is 440 g/mol. The average Bonchev–Trinajstić information content (AvgIpc) is 2.95. The molecule has 2 heteroatoms. The molecule has 4 aromatic carbocycles. The highest BCUT2D eigenvalue weighted by Gasteiger charge is 2.66. The molecule has 7 aliphatic rings. The van der Waals surface area contributed by atoms with Crippen molar-refractivity contribution in [2.45, 2.75) is 23.7 Å². The highest BCUT2D eigenvalue weighted by molar-refractivity contribution is 6.05. The molecule has 4 bridgehead atoms. The van der Waals surface area contributed by atoms with E-state index in [0.717, 1.165) is 0 Å². The molecule has 172 valence electrons. The number of hydrogen-bond donors (Lipinski definition) is 0. The van der Waals surface area contributed by atoms with Crippen LogP contribution in [0.1, 0.15) is 68.2 Å². The summed E-state index contributed by atoms with van der Waals surface area (Å²) in [4.78, 5) is 29.6. The molecule has 1 fully saturated rings. The van der Waals surface area contributed by atoms with Crippen LogP contribution in [0.15, 0.2) is 97.1 Å². The van der Waals surface area contributed by atoms with E-state index in [1.54, 1.807) is 0 Å². The largest absolute Gasteiger partial charge is 0.299 e. The smallest absolute Gasteiger partial charge is 0.142 e. The van der Waals surface area contributed by atoms with E-state index in [1.165, 1.54) is 44.5 Å². The fourth-order valence-corrected chi connectivity index (χ4v) is 9.17. The third-order valence-corrected chi connectivity index (χ3v) is 10.2. The Bertz CT molecular complexity index is 1310. The summed E-state index contributed by atoms with van der Waals surface area (Å²) in [6.07, 6.45) is 0. The van der Waals surface area contributed by atoms with E-state index < -0.39 is 0 Å². The molecule has 0 unspecified atom stereocenters. The third-order valence-electron chi connectivity index (χ3n) is 10.2. The molecule has 0 amide bonds. The van der Waals surface area contributed by atoms with Gasteiger partial charge in [-0.25, -0.2) is 0 Å². The van der Waals surface area contributed by atoms with E-state index in [9.17, 15) is 9.59 Å². The molecule has 36 heavy (non-hydrogen) atoms. The van der Waals surface area contributed by atoms with Crippen LogP contribution >= 0.6 is 0 Å². The normalized spacial score (nSPS) is 33.7. The maximum absolute atomic E-state index is 14.8. The number of Topliss-reactive ketones (excluding diaryl/α,β-unsaturated/α-hetero) is 2. The van der Waals surface area contributed by atoms with E-state index in [0.29, 0.717) is 11.6 Å². The number of benzene rings is 4. The first-order valence-corrected chi connectivity index (χ1v) is 13.2. The summed E-state index contributed by atoms with van der Waals surface area (Å²) in [5.41, 5.74) is 10.0. The topological polar surface area (TPSA) is 34.1 Å². The van der Waals surface area contributed by atoms with Crippen LogP contribution in [0.4, 0.5) is 0 Å². The molecule has 7 aliphatic carbocycles. The van der Waals surface area contributed by atoms with Crippen molar-refractivity contribution < 1.29 is 9.59 Å². The van der Waals surface area contributed by atoms with E-state index in [2.05, 4.69) is 97.1 Å². The van der Waals surface area contributed by atoms with Gasteiger partial charge in [-0.15, -0.1) is 0 Å². The molecule has 0 aromatic heterocycles. The molecule has 4 atom stereocenters. The van der Waals surface area contributed by atoms with Gasteiger partial charge in [-0.2, -0.15) is 0 Å². The molecule has 0 heterocycles. The first-order chi connectivity index (χ1) is 17.8. The van der Waals surface area contributed by atoms with Gasteiger partial charge in [0.1, 0.15) is 11.6 Å². The van der Waals surface area contributed by atoms with Crippen molar-refractivity contribution in [3.63, 3.8) is 0 Å². The Morgan fingerprint density at radius 3 is 0.639 bits per heavy atom. The van der Waals surface area contributed by atoms with Gasteiger partial charge in [0.2, 0.25) is 0 Å². The predicted octanol–water partition coefficient (Wildman–Crippen LogP) is 6.19. The Hall–Kier alpha value is -3.78. The van der Waals surface area contributed by atoms with Gasteiger partial charge < -0.3 is 0 Å². The molecule has 4 aromatic rings. The van der Waals surface area contributed by atoms with Crippen LogP contribution in [-0.2, 0) is 9.59 Å². The highest BCUT2D eigenvalue weighted by atomic mass is 16.1. The Balaban J connectivity index is 1.32. The summed E-state index contributed by atoms with van der Waals surface area (Å²) in [5, 5.41) is 0. The van der Waals surface area contributed by atoms with Crippen LogP contribution < -0.4 is 0 Å². The van der Waals surface area contributed by atoms with E-state index in [4.69, 9.17) is 0 Å². The number of hydrogen-bond acceptors (Lipinski definition) is 2. The van der Waals surface area contributed by atoms with Crippen LogP contribution in [-0.4, -0.2) is 11.6 Å². The van der Waals surface area contributed by atoms with Crippen molar-refractivity contribution >= 4 is 11.6 Å². The first-order valence-electron chi connectivity index (χ1n) is 13.2. The van der Waals surface area contributed by atoms with Gasteiger partial charge >= 0.3 is 0 Å². The molecule has 0 radical (unpaired) electrons. The number of carbonyl (C=O) groups is 2. The van der Waals surface area contributed by atoms with Crippen LogP contribution in [0.25, 0.3) is 0 Å². The Morgan fingerprint density at radius 2 is 0.472 bits per heavy atom. The van der Waals surface area contributed by atoms with Crippen LogP contribution in [0.5, 0.6) is 0 Å². The second kappa shape index (κ2) is 6.50. The van der Waals surface area contributed by atoms with Crippen molar-refractivity contribution in [3.8, 4) is 0 Å². The Labute approximate surface area is 210 Å². The van der Waals surface area contributed by atoms with Crippen molar-refractivity contribution in [3.05, 3.63) is 142 Å². The summed E-state index contributed by atoms with van der Waals surface area (Å²) in [6.45, 7) is 0. The Kier molecular flexibility index (Phi) is 3.51. The first kappa shape index (κ1) is 19.4. The lowest BCUT2D eigenvalue weighted by Crippen LogP contribution is -2.60. The predicted molar refractivity (Wildman–Crippen MR) is 137 cm³/mol. The van der Waals surface area contributed by atoms with Gasteiger partial charge in [-0.1, -0.05) is 97.1 Å². The minimum atomic E-state index is -0.271. The molecule has 0 aliphatic heterocycles. The van der Waals surface area contributed by atoms with Gasteiger partial charge in [0.25, 0.3) is 0 Å². The number of ketones is 2. The summed E-state index contributed by atoms with van der Waals surface area (Å²) in [5.74, 6) is -0.568. The minimum Gasteiger partial charge on any atom is -0.299 e. The van der Waals surface area contributed by atoms with Crippen molar-refractivity contribution in [1.82, 2.24) is 0 Å². The Morgan fingerprint density at radius 1 is 0.306 bits per heavy atom. The van der Waals surface area contributed by atoms with Gasteiger partial charge in [0, 0.05) is 47.3 Å². The summed E-state index contributed by atoms with van der Waals surface area (Å²) < 4.78 is 0. The van der Waals surface area contributed by atoms with E-state index in [-0.39, 0.29) is 47.3 Å². The third kappa shape index (κ3) is 2.05. The summed E-state index contributed by atoms with van der Waals surface area (Å²) in [6, 6.07) is 34.3. The minimum absolute atomic E-state index is 0.0317. The van der Waals surface area contributed by atoms with Gasteiger partial charge in [0.15, 0.2) is 0 Å². The number of carbonyl (C=O) groups excluding carboxylic acids is 2. The molecule has 0 N–H and O–H groups in total. The molecule has 11 rings (SSSR count). The zero-order valence-electron chi connectivity index (χ0n) is 19.7. The second-order valence-electron chi connectivity index (χ2n) is 11.3. The quantitative estimate of drug-likeness (QED) is 0.311. The SMILES string of the molecule is O=C1[C@@H]2C3c4ccccc4C(c4ccccc43)[C@@H]2C(=O)[C@H]2C3c4ccccc4C(c4ccccc43)[C@@H]12. The highest BCUT2D eigenvalue weighted by Crippen LogP contribution is 2.67. The van der Waals surface area contributed by atoms with Crippen LogP contribution in [0.2, 0.25) is 0 Å². The van der Waals surface area contributed by atoms with Crippen LogP contribution in [0.3, 0.4) is 0 Å². The van der Waals surface area contributed by atoms with Crippen molar-refractivity contribution in [2.24, 2.45) is 23.7 Å². The zero-order chi connectivity index (χ0) is 23.7. The molecule has 0 spiro atoms. The van der Waals surface area contributed by atoms with Crippen molar-refractivity contribution in [1.29, 1.82) is 0 Å². The maximum Gasteiger partial charge on any atom is 0.142 e. The maximum atomic E-state index is 14.8. The fourth-order valence-electron chi connectivity index (χ4n) is 9.17. The zero-order valence-corrected chi connectivity index (χ0v) is 19.7. The fraction of sp³-hybridized carbons (Fsp3) is 0.235. The second-order valence-corrected chi connectivity index (χ2v) is 11.3. The molecule has 0 saturated heterocycles. The van der Waals surface area contributed by atoms with E-state index >= 15 is 0 Å². The lowest BCUT2D eigenvalue weighted by atomic mass is 9.42. The lowest BCUT2D eigenvalue weighted by molar-refractivity contribution is -0.152. The standard InChI is InChI=1S/C34H24O2/c35-33-29-25-17-9-1-2-10-18(17)26(20-12-4-3-11-19(20)25)30(29)34(36)32-28-23-15-7-5-13-21(23)27(31(32)33)22-14-6-8-16-24(22)28/h1-16,25-32H/t25?,26?,27?,28?,29-,30+,31-,32+. The lowest BCUT2D eigenvalue weighted by Gasteiger charge is -2.59. The number of rotatable bonds is 0.